The number of hydrogen-bond donors (Lipinski definition) is 2. The molecule has 2 aromatic carbocycles. The predicted molar refractivity (Wildman–Crippen MR) is 81.2 cm³/mol. The van der Waals surface area contributed by atoms with Crippen LogP contribution in [-0.4, -0.2) is 17.3 Å². The van der Waals surface area contributed by atoms with E-state index in [0.29, 0.717) is 0 Å². The second-order valence-corrected chi connectivity index (χ2v) is 4.84. The molecule has 0 radical (unpaired) electrons. The van der Waals surface area contributed by atoms with Gasteiger partial charge in [-0.2, -0.15) is 5.10 Å². The molecule has 0 atom stereocenters. The van der Waals surface area contributed by atoms with Gasteiger partial charge in [0.15, 0.2) is 0 Å². The molecule has 0 amide bonds. The van der Waals surface area contributed by atoms with E-state index >= 15 is 0 Å². The fourth-order valence-corrected chi connectivity index (χ4v) is 2.29. The molecule has 3 rings (SSSR count). The van der Waals surface area contributed by atoms with E-state index in [1.165, 1.54) is 5.56 Å². The number of nitrogens with zero attached hydrogens (tertiary/aromatic N) is 1. The Morgan fingerprint density at radius 2 is 2.10 bits per heavy atom. The van der Waals surface area contributed by atoms with Crippen molar-refractivity contribution in [2.45, 2.75) is 13.5 Å². The topological polar surface area (TPSA) is 49.9 Å². The zero-order valence-corrected chi connectivity index (χ0v) is 11.6. The Morgan fingerprint density at radius 3 is 2.95 bits per heavy atom. The van der Waals surface area contributed by atoms with Gasteiger partial charge in [-0.15, -0.1) is 0 Å². The molecule has 4 heteroatoms. The Balaban J connectivity index is 1.80. The van der Waals surface area contributed by atoms with E-state index in [4.69, 9.17) is 4.74 Å². The highest BCUT2D eigenvalue weighted by Crippen LogP contribution is 2.22. The summed E-state index contributed by atoms with van der Waals surface area (Å²) in [7, 11) is 1.70. The molecule has 3 aromatic rings. The summed E-state index contributed by atoms with van der Waals surface area (Å²) >= 11 is 0. The van der Waals surface area contributed by atoms with Gasteiger partial charge in [0.05, 0.1) is 18.8 Å². The number of fused-ring (bicyclic) bond motifs is 1. The van der Waals surface area contributed by atoms with Gasteiger partial charge >= 0.3 is 0 Å². The molecule has 0 spiro atoms. The van der Waals surface area contributed by atoms with Gasteiger partial charge in [-0.1, -0.05) is 17.7 Å². The van der Waals surface area contributed by atoms with Crippen molar-refractivity contribution in [3.05, 3.63) is 53.7 Å². The minimum atomic E-state index is 0.727. The molecule has 0 saturated carbocycles. The van der Waals surface area contributed by atoms with Gasteiger partial charge < -0.3 is 10.1 Å². The number of aromatic amines is 1. The van der Waals surface area contributed by atoms with Crippen LogP contribution in [-0.2, 0) is 6.54 Å². The zero-order valence-electron chi connectivity index (χ0n) is 11.6. The minimum Gasteiger partial charge on any atom is -0.496 e. The number of aromatic nitrogens is 2. The number of anilines is 1. The van der Waals surface area contributed by atoms with Crippen LogP contribution in [0.2, 0.25) is 0 Å². The number of aryl methyl sites for hydroxylation is 1. The first kappa shape index (κ1) is 12.5. The molecular formula is C16H17N3O. The van der Waals surface area contributed by atoms with Gasteiger partial charge in [-0.3, -0.25) is 5.10 Å². The standard InChI is InChI=1S/C16H17N3O/c1-11-3-6-16(20-2)13(7-11)9-17-14-5-4-12-10-18-19-15(12)8-14/h3-8,10,17H,9H2,1-2H3,(H,18,19). The molecule has 0 aliphatic carbocycles. The molecule has 4 nitrogen and oxygen atoms in total. The first-order valence-electron chi connectivity index (χ1n) is 6.57. The van der Waals surface area contributed by atoms with E-state index in [0.717, 1.165) is 34.4 Å². The summed E-state index contributed by atoms with van der Waals surface area (Å²) in [6, 6.07) is 12.4. The lowest BCUT2D eigenvalue weighted by atomic mass is 10.1. The summed E-state index contributed by atoms with van der Waals surface area (Å²) in [5, 5.41) is 11.5. The maximum Gasteiger partial charge on any atom is 0.123 e. The summed E-state index contributed by atoms with van der Waals surface area (Å²) in [6.45, 7) is 2.81. The van der Waals surface area contributed by atoms with Gasteiger partial charge in [-0.05, 0) is 31.2 Å². The lowest BCUT2D eigenvalue weighted by Gasteiger charge is -2.11. The summed E-state index contributed by atoms with van der Waals surface area (Å²) in [6.07, 6.45) is 1.82. The summed E-state index contributed by atoms with van der Waals surface area (Å²) in [5.74, 6) is 0.908. The Labute approximate surface area is 117 Å². The second kappa shape index (κ2) is 5.25. The maximum atomic E-state index is 5.39. The molecule has 0 unspecified atom stereocenters. The summed E-state index contributed by atoms with van der Waals surface area (Å²) in [5.41, 5.74) is 4.47. The van der Waals surface area contributed by atoms with Crippen molar-refractivity contribution in [1.82, 2.24) is 10.2 Å². The molecule has 0 fully saturated rings. The Hall–Kier alpha value is -2.49. The van der Waals surface area contributed by atoms with E-state index in [1.54, 1.807) is 7.11 Å². The number of nitrogens with one attached hydrogen (secondary N) is 2. The lowest BCUT2D eigenvalue weighted by molar-refractivity contribution is 0.410. The van der Waals surface area contributed by atoms with E-state index in [-0.39, 0.29) is 0 Å². The van der Waals surface area contributed by atoms with Gasteiger partial charge in [0.2, 0.25) is 0 Å². The minimum absolute atomic E-state index is 0.727. The van der Waals surface area contributed by atoms with Crippen LogP contribution in [0.3, 0.4) is 0 Å². The van der Waals surface area contributed by atoms with E-state index < -0.39 is 0 Å². The smallest absolute Gasteiger partial charge is 0.123 e. The molecule has 0 aliphatic rings. The molecule has 20 heavy (non-hydrogen) atoms. The first-order chi connectivity index (χ1) is 9.76. The van der Waals surface area contributed by atoms with Crippen LogP contribution >= 0.6 is 0 Å². The fourth-order valence-electron chi connectivity index (χ4n) is 2.29. The van der Waals surface area contributed by atoms with E-state index in [1.807, 2.05) is 12.3 Å². The number of ether oxygens (including phenoxy) is 1. The van der Waals surface area contributed by atoms with Gasteiger partial charge in [0.1, 0.15) is 5.75 Å². The number of benzene rings is 2. The van der Waals surface area contributed by atoms with E-state index in [2.05, 4.69) is 52.8 Å². The highest BCUT2D eigenvalue weighted by molar-refractivity contribution is 5.81. The van der Waals surface area contributed by atoms with Crippen LogP contribution in [0, 0.1) is 6.92 Å². The van der Waals surface area contributed by atoms with Gasteiger partial charge in [-0.25, -0.2) is 0 Å². The van der Waals surface area contributed by atoms with Crippen LogP contribution in [0.5, 0.6) is 5.75 Å². The molecule has 0 saturated heterocycles. The largest absolute Gasteiger partial charge is 0.496 e. The summed E-state index contributed by atoms with van der Waals surface area (Å²) < 4.78 is 5.39. The second-order valence-electron chi connectivity index (χ2n) is 4.84. The number of H-pyrrole nitrogens is 1. The third-order valence-electron chi connectivity index (χ3n) is 3.36. The Kier molecular flexibility index (Phi) is 3.29. The van der Waals surface area contributed by atoms with Crippen LogP contribution in [0.25, 0.3) is 10.9 Å². The molecule has 0 bridgehead atoms. The SMILES string of the molecule is COc1ccc(C)cc1CNc1ccc2cn[nH]c2c1. The molecular weight excluding hydrogens is 250 g/mol. The first-order valence-corrected chi connectivity index (χ1v) is 6.57. The van der Waals surface area contributed by atoms with Crippen molar-refractivity contribution in [3.8, 4) is 5.75 Å². The molecule has 2 N–H and O–H groups in total. The predicted octanol–water partition coefficient (Wildman–Crippen LogP) is 3.49. The van der Waals surface area contributed by atoms with Crippen LogP contribution in [0.4, 0.5) is 5.69 Å². The highest BCUT2D eigenvalue weighted by Gasteiger charge is 2.04. The zero-order chi connectivity index (χ0) is 13.9. The van der Waals surface area contributed by atoms with Gasteiger partial charge in [0, 0.05) is 23.2 Å². The maximum absolute atomic E-state index is 5.39. The van der Waals surface area contributed by atoms with Crippen molar-refractivity contribution < 1.29 is 4.74 Å². The normalized spacial score (nSPS) is 10.7. The molecule has 1 heterocycles. The average molecular weight is 267 g/mol. The van der Waals surface area contributed by atoms with E-state index in [9.17, 15) is 0 Å². The molecule has 102 valence electrons. The molecule has 0 aliphatic heterocycles. The van der Waals surface area contributed by atoms with Crippen LogP contribution < -0.4 is 10.1 Å². The Morgan fingerprint density at radius 1 is 1.20 bits per heavy atom. The quantitative estimate of drug-likeness (QED) is 0.760. The van der Waals surface area contributed by atoms with Crippen molar-refractivity contribution in [2.24, 2.45) is 0 Å². The molecule has 1 aromatic heterocycles. The van der Waals surface area contributed by atoms with Crippen molar-refractivity contribution in [1.29, 1.82) is 0 Å². The lowest BCUT2D eigenvalue weighted by Crippen LogP contribution is -2.02. The highest BCUT2D eigenvalue weighted by atomic mass is 16.5. The summed E-state index contributed by atoms with van der Waals surface area (Å²) in [4.78, 5) is 0. The average Bonchev–Trinajstić information content (AvgIpc) is 2.92. The van der Waals surface area contributed by atoms with Gasteiger partial charge in [0.25, 0.3) is 0 Å². The number of hydrogen-bond acceptors (Lipinski definition) is 3. The van der Waals surface area contributed by atoms with Crippen molar-refractivity contribution in [3.63, 3.8) is 0 Å². The van der Waals surface area contributed by atoms with Crippen molar-refractivity contribution in [2.75, 3.05) is 12.4 Å². The monoisotopic (exact) mass is 267 g/mol. The third kappa shape index (κ3) is 2.45. The number of rotatable bonds is 4. The third-order valence-corrected chi connectivity index (χ3v) is 3.36. The fraction of sp³-hybridized carbons (Fsp3) is 0.188. The number of methoxy groups -OCH3 is 1. The Bertz CT molecular complexity index is 733. The van der Waals surface area contributed by atoms with Crippen LogP contribution in [0.15, 0.2) is 42.6 Å². The van der Waals surface area contributed by atoms with Crippen LogP contribution in [0.1, 0.15) is 11.1 Å². The van der Waals surface area contributed by atoms with Crippen molar-refractivity contribution >= 4 is 16.6 Å².